The highest BCUT2D eigenvalue weighted by Crippen LogP contribution is 2.35. The zero-order valence-corrected chi connectivity index (χ0v) is 11.0. The SMILES string of the molecule is N#Cc1ncc(-c2cc(Cl)c(Cl)c(Cl)c2)cc1F. The third-order valence-electron chi connectivity index (χ3n) is 2.26. The third-order valence-corrected chi connectivity index (χ3v) is 3.46. The van der Waals surface area contributed by atoms with Crippen molar-refractivity contribution in [1.29, 1.82) is 5.26 Å². The van der Waals surface area contributed by atoms with Crippen molar-refractivity contribution in [3.05, 3.63) is 51.0 Å². The van der Waals surface area contributed by atoms with E-state index in [1.54, 1.807) is 18.2 Å². The standard InChI is InChI=1S/C12H4Cl3FN2/c13-8-1-6(2-9(14)12(8)15)7-3-10(16)11(4-17)18-5-7/h1-3,5H. The van der Waals surface area contributed by atoms with Crippen molar-refractivity contribution >= 4 is 34.8 Å². The van der Waals surface area contributed by atoms with Crippen LogP contribution in [-0.2, 0) is 0 Å². The van der Waals surface area contributed by atoms with Crippen molar-refractivity contribution in [1.82, 2.24) is 4.98 Å². The molecule has 0 amide bonds. The van der Waals surface area contributed by atoms with Crippen molar-refractivity contribution in [3.63, 3.8) is 0 Å². The fourth-order valence-corrected chi connectivity index (χ4v) is 2.00. The van der Waals surface area contributed by atoms with Gasteiger partial charge in [0.15, 0.2) is 11.5 Å². The van der Waals surface area contributed by atoms with Crippen LogP contribution in [0.25, 0.3) is 11.1 Å². The summed E-state index contributed by atoms with van der Waals surface area (Å²) in [7, 11) is 0. The minimum atomic E-state index is -0.697. The molecule has 0 radical (unpaired) electrons. The summed E-state index contributed by atoms with van der Waals surface area (Å²) in [4.78, 5) is 3.70. The molecule has 6 heteroatoms. The Labute approximate surface area is 118 Å². The van der Waals surface area contributed by atoms with Gasteiger partial charge in [0.1, 0.15) is 6.07 Å². The zero-order chi connectivity index (χ0) is 13.3. The molecule has 0 saturated carbocycles. The lowest BCUT2D eigenvalue weighted by molar-refractivity contribution is 0.617. The van der Waals surface area contributed by atoms with Gasteiger partial charge in [0, 0.05) is 11.8 Å². The van der Waals surface area contributed by atoms with E-state index in [0.717, 1.165) is 0 Å². The van der Waals surface area contributed by atoms with E-state index in [1.165, 1.54) is 12.3 Å². The summed E-state index contributed by atoms with van der Waals surface area (Å²) in [6.07, 6.45) is 1.37. The Morgan fingerprint density at radius 2 is 1.67 bits per heavy atom. The van der Waals surface area contributed by atoms with Crippen LogP contribution >= 0.6 is 34.8 Å². The molecule has 1 aromatic carbocycles. The predicted octanol–water partition coefficient (Wildman–Crippen LogP) is 4.72. The molecule has 2 rings (SSSR count). The number of hydrogen-bond donors (Lipinski definition) is 0. The van der Waals surface area contributed by atoms with E-state index in [1.807, 2.05) is 0 Å². The summed E-state index contributed by atoms with van der Waals surface area (Å²) in [5, 5.41) is 9.37. The fourth-order valence-electron chi connectivity index (χ4n) is 1.40. The number of aromatic nitrogens is 1. The Morgan fingerprint density at radius 1 is 1.06 bits per heavy atom. The van der Waals surface area contributed by atoms with E-state index in [0.29, 0.717) is 11.1 Å². The maximum absolute atomic E-state index is 13.4. The second-order valence-corrected chi connectivity index (χ2v) is 4.61. The molecule has 0 aliphatic heterocycles. The molecule has 0 aliphatic rings. The molecule has 2 nitrogen and oxygen atoms in total. The first kappa shape index (κ1) is 13.1. The minimum absolute atomic E-state index is 0.240. The monoisotopic (exact) mass is 300 g/mol. The maximum Gasteiger partial charge on any atom is 0.176 e. The summed E-state index contributed by atoms with van der Waals surface area (Å²) in [6.45, 7) is 0. The van der Waals surface area contributed by atoms with Crippen molar-refractivity contribution in [3.8, 4) is 17.2 Å². The van der Waals surface area contributed by atoms with Crippen molar-refractivity contribution < 1.29 is 4.39 Å². The van der Waals surface area contributed by atoms with Crippen molar-refractivity contribution in [2.75, 3.05) is 0 Å². The van der Waals surface area contributed by atoms with E-state index in [2.05, 4.69) is 4.98 Å². The number of nitrogens with zero attached hydrogens (tertiary/aromatic N) is 2. The van der Waals surface area contributed by atoms with Crippen LogP contribution in [-0.4, -0.2) is 4.98 Å². The number of pyridine rings is 1. The van der Waals surface area contributed by atoms with Crippen molar-refractivity contribution in [2.45, 2.75) is 0 Å². The van der Waals surface area contributed by atoms with Gasteiger partial charge in [-0.2, -0.15) is 5.26 Å². The smallest absolute Gasteiger partial charge is 0.176 e. The molecule has 0 aliphatic carbocycles. The first-order valence-corrected chi connectivity index (χ1v) is 5.87. The Bertz CT molecular complexity index is 642. The van der Waals surface area contributed by atoms with Gasteiger partial charge in [-0.15, -0.1) is 0 Å². The number of nitriles is 1. The molecule has 0 spiro atoms. The summed E-state index contributed by atoms with van der Waals surface area (Å²) in [6, 6.07) is 5.95. The highest BCUT2D eigenvalue weighted by Gasteiger charge is 2.10. The van der Waals surface area contributed by atoms with E-state index in [-0.39, 0.29) is 20.8 Å². The zero-order valence-electron chi connectivity index (χ0n) is 8.72. The summed E-state index contributed by atoms with van der Waals surface area (Å²) in [5.74, 6) is -0.697. The summed E-state index contributed by atoms with van der Waals surface area (Å²) >= 11 is 17.6. The molecular weight excluding hydrogens is 298 g/mol. The van der Waals surface area contributed by atoms with Crippen LogP contribution in [0.15, 0.2) is 24.4 Å². The predicted molar refractivity (Wildman–Crippen MR) is 69.4 cm³/mol. The molecule has 0 bridgehead atoms. The maximum atomic E-state index is 13.4. The first-order chi connectivity index (χ1) is 8.52. The Hall–Kier alpha value is -1.34. The van der Waals surface area contributed by atoms with E-state index in [4.69, 9.17) is 40.1 Å². The van der Waals surface area contributed by atoms with Gasteiger partial charge in [-0.05, 0) is 23.8 Å². The lowest BCUT2D eigenvalue weighted by atomic mass is 10.1. The Balaban J connectivity index is 2.56. The van der Waals surface area contributed by atoms with Gasteiger partial charge in [-0.1, -0.05) is 34.8 Å². The highest BCUT2D eigenvalue weighted by atomic mass is 35.5. The van der Waals surface area contributed by atoms with Crippen LogP contribution in [0.3, 0.4) is 0 Å². The van der Waals surface area contributed by atoms with Crippen LogP contribution in [0.5, 0.6) is 0 Å². The van der Waals surface area contributed by atoms with Gasteiger partial charge >= 0.3 is 0 Å². The second kappa shape index (κ2) is 5.11. The van der Waals surface area contributed by atoms with Gasteiger partial charge in [-0.25, -0.2) is 9.37 Å². The van der Waals surface area contributed by atoms with E-state index < -0.39 is 5.82 Å². The molecule has 1 heterocycles. The summed E-state index contributed by atoms with van der Waals surface area (Å²) in [5.41, 5.74) is 0.780. The first-order valence-electron chi connectivity index (χ1n) is 4.73. The van der Waals surface area contributed by atoms with Gasteiger partial charge in [0.05, 0.1) is 15.1 Å². The summed E-state index contributed by atoms with van der Waals surface area (Å²) < 4.78 is 13.4. The quantitative estimate of drug-likeness (QED) is 0.715. The van der Waals surface area contributed by atoms with Crippen LogP contribution in [0.2, 0.25) is 15.1 Å². The molecular formula is C12H4Cl3FN2. The normalized spacial score (nSPS) is 10.2. The lowest BCUT2D eigenvalue weighted by Crippen LogP contribution is -1.90. The topological polar surface area (TPSA) is 36.7 Å². The van der Waals surface area contributed by atoms with Gasteiger partial charge in [-0.3, -0.25) is 0 Å². The van der Waals surface area contributed by atoms with Gasteiger partial charge in [0.2, 0.25) is 0 Å². The Kier molecular flexibility index (Phi) is 3.72. The molecule has 18 heavy (non-hydrogen) atoms. The largest absolute Gasteiger partial charge is 0.242 e. The molecule has 0 saturated heterocycles. The average molecular weight is 302 g/mol. The molecule has 0 unspecified atom stereocenters. The van der Waals surface area contributed by atoms with Crippen LogP contribution in [0, 0.1) is 17.1 Å². The second-order valence-electron chi connectivity index (χ2n) is 3.42. The minimum Gasteiger partial charge on any atom is -0.242 e. The number of rotatable bonds is 1. The number of halogens is 4. The molecule has 0 fully saturated rings. The Morgan fingerprint density at radius 3 is 2.17 bits per heavy atom. The molecule has 2 aromatic rings. The van der Waals surface area contributed by atoms with E-state index in [9.17, 15) is 4.39 Å². The lowest BCUT2D eigenvalue weighted by Gasteiger charge is -2.06. The van der Waals surface area contributed by atoms with Crippen LogP contribution < -0.4 is 0 Å². The van der Waals surface area contributed by atoms with Gasteiger partial charge < -0.3 is 0 Å². The molecule has 90 valence electrons. The third kappa shape index (κ3) is 2.41. The highest BCUT2D eigenvalue weighted by molar-refractivity contribution is 6.48. The average Bonchev–Trinajstić information content (AvgIpc) is 2.35. The number of benzene rings is 1. The van der Waals surface area contributed by atoms with Crippen LogP contribution in [0.1, 0.15) is 5.69 Å². The molecule has 0 N–H and O–H groups in total. The molecule has 1 aromatic heterocycles. The van der Waals surface area contributed by atoms with Gasteiger partial charge in [0.25, 0.3) is 0 Å². The van der Waals surface area contributed by atoms with Crippen molar-refractivity contribution in [2.24, 2.45) is 0 Å². The molecule has 0 atom stereocenters. The number of hydrogen-bond acceptors (Lipinski definition) is 2. The van der Waals surface area contributed by atoms with Crippen LogP contribution in [0.4, 0.5) is 4.39 Å². The fraction of sp³-hybridized carbons (Fsp3) is 0. The van der Waals surface area contributed by atoms with E-state index >= 15 is 0 Å².